The van der Waals surface area contributed by atoms with Crippen molar-refractivity contribution in [3.63, 3.8) is 0 Å². The molecule has 0 saturated carbocycles. The van der Waals surface area contributed by atoms with Gasteiger partial charge in [0, 0.05) is 51.2 Å². The van der Waals surface area contributed by atoms with Crippen molar-refractivity contribution < 1.29 is 9.18 Å². The van der Waals surface area contributed by atoms with Crippen molar-refractivity contribution in [3.8, 4) is 0 Å². The second kappa shape index (κ2) is 8.23. The van der Waals surface area contributed by atoms with Gasteiger partial charge in [-0.1, -0.05) is 0 Å². The Hall–Kier alpha value is -3.05. The van der Waals surface area contributed by atoms with Crippen molar-refractivity contribution in [3.05, 3.63) is 55.6 Å². The van der Waals surface area contributed by atoms with Crippen LogP contribution in [-0.2, 0) is 13.6 Å². The Morgan fingerprint density at radius 1 is 1.35 bits per heavy atom. The average molecular weight is 447 g/mol. The van der Waals surface area contributed by atoms with Crippen molar-refractivity contribution in [2.75, 3.05) is 31.6 Å². The quantitative estimate of drug-likeness (QED) is 0.577. The summed E-state index contributed by atoms with van der Waals surface area (Å²) in [5.74, 6) is -1.09. The number of piperazine rings is 1. The number of amides is 1. The van der Waals surface area contributed by atoms with Gasteiger partial charge in [-0.3, -0.25) is 19.1 Å². The molecule has 1 aliphatic heterocycles. The Labute approximate surface area is 181 Å². The fourth-order valence-electron chi connectivity index (χ4n) is 3.87. The molecule has 1 amide bonds. The molecule has 164 valence electrons. The van der Waals surface area contributed by atoms with Crippen LogP contribution in [0.15, 0.2) is 27.8 Å². The van der Waals surface area contributed by atoms with E-state index in [0.717, 1.165) is 9.44 Å². The van der Waals surface area contributed by atoms with E-state index >= 15 is 0 Å². The number of H-pyrrole nitrogens is 1. The average Bonchev–Trinajstić information content (AvgIpc) is 3.14. The number of rotatable bonds is 4. The van der Waals surface area contributed by atoms with Gasteiger partial charge in [-0.2, -0.15) is 4.39 Å². The maximum Gasteiger partial charge on any atom is 0.328 e. The van der Waals surface area contributed by atoms with Crippen LogP contribution < -0.4 is 21.5 Å². The van der Waals surface area contributed by atoms with Crippen LogP contribution in [0.25, 0.3) is 10.2 Å². The highest BCUT2D eigenvalue weighted by molar-refractivity contribution is 7.18. The smallest absolute Gasteiger partial charge is 0.328 e. The van der Waals surface area contributed by atoms with Gasteiger partial charge in [0.2, 0.25) is 5.95 Å². The van der Waals surface area contributed by atoms with E-state index in [4.69, 9.17) is 0 Å². The minimum absolute atomic E-state index is 0.0259. The van der Waals surface area contributed by atoms with Crippen LogP contribution >= 0.6 is 11.3 Å². The zero-order valence-corrected chi connectivity index (χ0v) is 18.3. The van der Waals surface area contributed by atoms with Crippen molar-refractivity contribution in [2.24, 2.45) is 7.05 Å². The Kier molecular flexibility index (Phi) is 5.63. The van der Waals surface area contributed by atoms with E-state index in [9.17, 15) is 18.8 Å². The summed E-state index contributed by atoms with van der Waals surface area (Å²) in [5, 5.41) is 2.44. The number of nitrogens with one attached hydrogen (secondary N) is 2. The standard InChI is InChI=1S/C20H23FN6O3S/c1-11-9-26(10-12-8-14-16(31-12)19(29)25(3)20(30)24-14)6-7-27(11)15-5-4-13(18(28)22-2)23-17(15)21/h4-5,8,11H,6-7,9-10H2,1-3H3,(H,22,28)(H,24,30). The predicted octanol–water partition coefficient (Wildman–Crippen LogP) is 0.893. The van der Waals surface area contributed by atoms with Gasteiger partial charge >= 0.3 is 5.69 Å². The van der Waals surface area contributed by atoms with Gasteiger partial charge in [0.25, 0.3) is 11.5 Å². The highest BCUT2D eigenvalue weighted by atomic mass is 32.1. The summed E-state index contributed by atoms with van der Waals surface area (Å²) in [6.45, 7) is 4.64. The monoisotopic (exact) mass is 446 g/mol. The molecular weight excluding hydrogens is 423 g/mol. The lowest BCUT2D eigenvalue weighted by molar-refractivity contribution is 0.0957. The van der Waals surface area contributed by atoms with Crippen LogP contribution in [0.3, 0.4) is 0 Å². The lowest BCUT2D eigenvalue weighted by atomic mass is 10.1. The molecule has 0 radical (unpaired) electrons. The molecule has 1 unspecified atom stereocenters. The highest BCUT2D eigenvalue weighted by Crippen LogP contribution is 2.26. The number of aromatic amines is 1. The van der Waals surface area contributed by atoms with E-state index in [-0.39, 0.29) is 17.3 Å². The van der Waals surface area contributed by atoms with Crippen molar-refractivity contribution in [1.82, 2.24) is 24.8 Å². The van der Waals surface area contributed by atoms with E-state index in [1.165, 1.54) is 31.5 Å². The first-order valence-electron chi connectivity index (χ1n) is 9.88. The van der Waals surface area contributed by atoms with Crippen molar-refractivity contribution in [1.29, 1.82) is 0 Å². The van der Waals surface area contributed by atoms with Crippen LogP contribution in [-0.4, -0.2) is 58.1 Å². The van der Waals surface area contributed by atoms with Gasteiger partial charge < -0.3 is 15.2 Å². The Bertz CT molecular complexity index is 1270. The normalized spacial score (nSPS) is 17.3. The zero-order chi connectivity index (χ0) is 22.3. The van der Waals surface area contributed by atoms with E-state index in [2.05, 4.69) is 20.2 Å². The first kappa shape index (κ1) is 21.2. The Morgan fingerprint density at radius 2 is 2.13 bits per heavy atom. The first-order valence-corrected chi connectivity index (χ1v) is 10.7. The molecule has 0 bridgehead atoms. The second-order valence-electron chi connectivity index (χ2n) is 7.61. The van der Waals surface area contributed by atoms with E-state index < -0.39 is 17.5 Å². The van der Waals surface area contributed by atoms with E-state index in [1.54, 1.807) is 6.07 Å². The number of pyridine rings is 1. The number of carbonyl (C=O) groups is 1. The molecule has 4 rings (SSSR count). The summed E-state index contributed by atoms with van der Waals surface area (Å²) in [6, 6.07) is 4.99. The SMILES string of the molecule is CNC(=O)c1ccc(N2CCN(Cc3cc4[nH]c(=O)n(C)c(=O)c4s3)CC2C)c(F)n1. The molecule has 0 aliphatic carbocycles. The number of carbonyl (C=O) groups excluding carboxylic acids is 1. The molecule has 9 nitrogen and oxygen atoms in total. The number of hydrogen-bond donors (Lipinski definition) is 2. The topological polar surface area (TPSA) is 103 Å². The molecule has 2 N–H and O–H groups in total. The summed E-state index contributed by atoms with van der Waals surface area (Å²) < 4.78 is 16.2. The molecular formula is C20H23FN6O3S. The molecule has 31 heavy (non-hydrogen) atoms. The third-order valence-electron chi connectivity index (χ3n) is 5.52. The number of aromatic nitrogens is 3. The largest absolute Gasteiger partial charge is 0.363 e. The van der Waals surface area contributed by atoms with Crippen molar-refractivity contribution >= 4 is 33.1 Å². The Morgan fingerprint density at radius 3 is 2.81 bits per heavy atom. The minimum Gasteiger partial charge on any atom is -0.363 e. The summed E-state index contributed by atoms with van der Waals surface area (Å²) in [7, 11) is 2.93. The molecule has 11 heteroatoms. The summed E-state index contributed by atoms with van der Waals surface area (Å²) in [6.07, 6.45) is 0. The first-order chi connectivity index (χ1) is 14.8. The second-order valence-corrected chi connectivity index (χ2v) is 8.75. The maximum absolute atomic E-state index is 14.6. The lowest BCUT2D eigenvalue weighted by Gasteiger charge is -2.41. The van der Waals surface area contributed by atoms with Crippen LogP contribution in [0.2, 0.25) is 0 Å². The molecule has 1 aliphatic rings. The van der Waals surface area contributed by atoms with Gasteiger partial charge in [0.1, 0.15) is 10.4 Å². The fraction of sp³-hybridized carbons (Fsp3) is 0.400. The molecule has 4 heterocycles. The molecule has 0 spiro atoms. The molecule has 1 fully saturated rings. The Balaban J connectivity index is 1.48. The van der Waals surface area contributed by atoms with Crippen LogP contribution in [0, 0.1) is 5.95 Å². The van der Waals surface area contributed by atoms with Gasteiger partial charge in [0.05, 0.1) is 11.2 Å². The van der Waals surface area contributed by atoms with Gasteiger partial charge in [-0.15, -0.1) is 11.3 Å². The van der Waals surface area contributed by atoms with E-state index in [1.807, 2.05) is 17.9 Å². The molecule has 3 aromatic heterocycles. The molecule has 1 atom stereocenters. The number of hydrogen-bond acceptors (Lipinski definition) is 7. The van der Waals surface area contributed by atoms with Gasteiger partial charge in [-0.05, 0) is 25.1 Å². The van der Waals surface area contributed by atoms with Gasteiger partial charge in [0.15, 0.2) is 0 Å². The third-order valence-corrected chi connectivity index (χ3v) is 6.63. The summed E-state index contributed by atoms with van der Waals surface area (Å²) in [5.41, 5.74) is 0.259. The molecule has 0 aromatic carbocycles. The number of fused-ring (bicyclic) bond motifs is 1. The zero-order valence-electron chi connectivity index (χ0n) is 17.4. The number of anilines is 1. The fourth-order valence-corrected chi connectivity index (χ4v) is 5.00. The lowest BCUT2D eigenvalue weighted by Crippen LogP contribution is -2.51. The van der Waals surface area contributed by atoms with Crippen LogP contribution in [0.5, 0.6) is 0 Å². The van der Waals surface area contributed by atoms with Crippen LogP contribution in [0.4, 0.5) is 10.1 Å². The number of nitrogens with zero attached hydrogens (tertiary/aromatic N) is 4. The number of halogens is 1. The number of thiophene rings is 1. The maximum atomic E-state index is 14.6. The van der Waals surface area contributed by atoms with Crippen molar-refractivity contribution in [2.45, 2.75) is 19.5 Å². The molecule has 3 aromatic rings. The van der Waals surface area contributed by atoms with E-state index in [0.29, 0.717) is 42.1 Å². The highest BCUT2D eigenvalue weighted by Gasteiger charge is 2.27. The van der Waals surface area contributed by atoms with Gasteiger partial charge in [-0.25, -0.2) is 9.78 Å². The predicted molar refractivity (Wildman–Crippen MR) is 117 cm³/mol. The third kappa shape index (κ3) is 3.98. The molecule has 1 saturated heterocycles. The summed E-state index contributed by atoms with van der Waals surface area (Å²) in [4.78, 5) is 47.4. The minimum atomic E-state index is -0.661. The van der Waals surface area contributed by atoms with Crippen LogP contribution in [0.1, 0.15) is 22.3 Å². The summed E-state index contributed by atoms with van der Waals surface area (Å²) >= 11 is 1.38.